The predicted molar refractivity (Wildman–Crippen MR) is 87.7 cm³/mol. The number of hydrogen-bond acceptors (Lipinski definition) is 2. The van der Waals surface area contributed by atoms with Crippen molar-refractivity contribution in [3.8, 4) is 0 Å². The Balaban J connectivity index is 1.99. The van der Waals surface area contributed by atoms with Crippen LogP contribution in [0.3, 0.4) is 0 Å². The lowest BCUT2D eigenvalue weighted by atomic mass is 10.1. The van der Waals surface area contributed by atoms with E-state index in [1.807, 2.05) is 18.2 Å². The molecular weight excluding hydrogens is 291 g/mol. The van der Waals surface area contributed by atoms with Crippen LogP contribution in [0, 0.1) is 0 Å². The van der Waals surface area contributed by atoms with Crippen LogP contribution in [0.5, 0.6) is 0 Å². The van der Waals surface area contributed by atoms with Gasteiger partial charge in [0.25, 0.3) is 0 Å². The number of rotatable bonds is 7. The third kappa shape index (κ3) is 4.92. The normalized spacial score (nSPS) is 18.9. The van der Waals surface area contributed by atoms with Crippen LogP contribution in [0.2, 0.25) is 10.0 Å². The second-order valence-corrected chi connectivity index (χ2v) is 6.46. The molecule has 0 aliphatic carbocycles. The Bertz CT molecular complexity index is 417. The molecule has 0 radical (unpaired) electrons. The van der Waals surface area contributed by atoms with Gasteiger partial charge in [-0.05, 0) is 56.1 Å². The maximum Gasteiger partial charge on any atom is 0.0452 e. The molecule has 1 heterocycles. The van der Waals surface area contributed by atoms with Crippen molar-refractivity contribution in [2.75, 3.05) is 19.6 Å². The first-order chi connectivity index (χ1) is 9.69. The van der Waals surface area contributed by atoms with Crippen molar-refractivity contribution < 1.29 is 0 Å². The molecule has 20 heavy (non-hydrogen) atoms. The van der Waals surface area contributed by atoms with Crippen LogP contribution < -0.4 is 5.32 Å². The van der Waals surface area contributed by atoms with Crippen molar-refractivity contribution in [2.24, 2.45) is 0 Å². The topological polar surface area (TPSA) is 15.3 Å². The van der Waals surface area contributed by atoms with Gasteiger partial charge in [-0.3, -0.25) is 4.90 Å². The quantitative estimate of drug-likeness (QED) is 0.805. The van der Waals surface area contributed by atoms with Gasteiger partial charge in [0.1, 0.15) is 0 Å². The molecule has 112 valence electrons. The third-order valence-corrected chi connectivity index (χ3v) is 4.47. The van der Waals surface area contributed by atoms with Gasteiger partial charge in [0, 0.05) is 29.2 Å². The standard InChI is InChI=1S/C16H24Cl2N2/c1-2-3-9-20(12-15-5-4-8-19-15)11-13-10-14(17)6-7-16(13)18/h6-7,10,15,19H,2-5,8-9,11-12H2,1H3. The van der Waals surface area contributed by atoms with Crippen molar-refractivity contribution in [1.82, 2.24) is 10.2 Å². The van der Waals surface area contributed by atoms with E-state index in [9.17, 15) is 0 Å². The second-order valence-electron chi connectivity index (χ2n) is 5.62. The van der Waals surface area contributed by atoms with Crippen LogP contribution in [0.15, 0.2) is 18.2 Å². The zero-order chi connectivity index (χ0) is 14.4. The van der Waals surface area contributed by atoms with Gasteiger partial charge in [-0.15, -0.1) is 0 Å². The number of unbranched alkanes of at least 4 members (excludes halogenated alkanes) is 1. The van der Waals surface area contributed by atoms with Gasteiger partial charge in [0.05, 0.1) is 0 Å². The van der Waals surface area contributed by atoms with Gasteiger partial charge >= 0.3 is 0 Å². The van der Waals surface area contributed by atoms with Gasteiger partial charge in [-0.25, -0.2) is 0 Å². The lowest BCUT2D eigenvalue weighted by Crippen LogP contribution is -2.37. The first-order valence-electron chi connectivity index (χ1n) is 7.58. The van der Waals surface area contributed by atoms with E-state index in [4.69, 9.17) is 23.2 Å². The molecule has 0 saturated carbocycles. The highest BCUT2D eigenvalue weighted by Gasteiger charge is 2.18. The molecule has 1 aliphatic heterocycles. The molecule has 1 fully saturated rings. The zero-order valence-corrected chi connectivity index (χ0v) is 13.7. The average molecular weight is 315 g/mol. The van der Waals surface area contributed by atoms with Crippen LogP contribution in [-0.2, 0) is 6.54 Å². The maximum absolute atomic E-state index is 6.29. The Kier molecular flexibility index (Phi) is 6.63. The molecular formula is C16H24Cl2N2. The second kappa shape index (κ2) is 8.23. The van der Waals surface area contributed by atoms with Gasteiger partial charge in [-0.2, -0.15) is 0 Å². The van der Waals surface area contributed by atoms with E-state index in [-0.39, 0.29) is 0 Å². The van der Waals surface area contributed by atoms with E-state index in [0.717, 1.165) is 41.8 Å². The first-order valence-corrected chi connectivity index (χ1v) is 8.34. The molecule has 1 saturated heterocycles. The van der Waals surface area contributed by atoms with Crippen molar-refractivity contribution in [2.45, 2.75) is 45.2 Å². The van der Waals surface area contributed by atoms with E-state index in [1.165, 1.54) is 25.7 Å². The number of benzene rings is 1. The molecule has 2 nitrogen and oxygen atoms in total. The van der Waals surface area contributed by atoms with Gasteiger partial charge in [0.15, 0.2) is 0 Å². The number of nitrogens with zero attached hydrogens (tertiary/aromatic N) is 1. The predicted octanol–water partition coefficient (Wildman–Crippen LogP) is 4.35. The molecule has 1 unspecified atom stereocenters. The summed E-state index contributed by atoms with van der Waals surface area (Å²) < 4.78 is 0. The molecule has 2 rings (SSSR count). The summed E-state index contributed by atoms with van der Waals surface area (Å²) in [7, 11) is 0. The van der Waals surface area contributed by atoms with E-state index >= 15 is 0 Å². The Labute approximate surface area is 132 Å². The summed E-state index contributed by atoms with van der Waals surface area (Å²) in [5.41, 5.74) is 1.13. The number of nitrogens with one attached hydrogen (secondary N) is 1. The van der Waals surface area contributed by atoms with Crippen LogP contribution in [-0.4, -0.2) is 30.6 Å². The summed E-state index contributed by atoms with van der Waals surface area (Å²) in [6.07, 6.45) is 5.03. The van der Waals surface area contributed by atoms with E-state index < -0.39 is 0 Å². The zero-order valence-electron chi connectivity index (χ0n) is 12.2. The minimum atomic E-state index is 0.629. The maximum atomic E-state index is 6.29. The summed E-state index contributed by atoms with van der Waals surface area (Å²) in [6.45, 7) is 6.50. The highest BCUT2D eigenvalue weighted by Crippen LogP contribution is 2.22. The van der Waals surface area contributed by atoms with Crippen LogP contribution in [0.1, 0.15) is 38.2 Å². The molecule has 1 atom stereocenters. The van der Waals surface area contributed by atoms with Gasteiger partial charge in [-0.1, -0.05) is 36.5 Å². The molecule has 1 aromatic rings. The molecule has 1 aromatic carbocycles. The van der Waals surface area contributed by atoms with Gasteiger partial charge in [0.2, 0.25) is 0 Å². The summed E-state index contributed by atoms with van der Waals surface area (Å²) >= 11 is 12.4. The number of halogens is 2. The van der Waals surface area contributed by atoms with Gasteiger partial charge < -0.3 is 5.32 Å². The van der Waals surface area contributed by atoms with Crippen LogP contribution in [0.25, 0.3) is 0 Å². The van der Waals surface area contributed by atoms with E-state index in [1.54, 1.807) is 0 Å². The van der Waals surface area contributed by atoms with Crippen molar-refractivity contribution in [1.29, 1.82) is 0 Å². The van der Waals surface area contributed by atoms with E-state index in [0.29, 0.717) is 6.04 Å². The van der Waals surface area contributed by atoms with Crippen LogP contribution in [0.4, 0.5) is 0 Å². The minimum absolute atomic E-state index is 0.629. The van der Waals surface area contributed by atoms with E-state index in [2.05, 4.69) is 17.1 Å². The fraction of sp³-hybridized carbons (Fsp3) is 0.625. The fourth-order valence-electron chi connectivity index (χ4n) is 2.75. The van der Waals surface area contributed by atoms with Crippen molar-refractivity contribution in [3.05, 3.63) is 33.8 Å². The molecule has 0 bridgehead atoms. The highest BCUT2D eigenvalue weighted by molar-refractivity contribution is 6.33. The lowest BCUT2D eigenvalue weighted by Gasteiger charge is -2.26. The summed E-state index contributed by atoms with van der Waals surface area (Å²) in [5.74, 6) is 0. The molecule has 0 aromatic heterocycles. The Morgan fingerprint density at radius 1 is 1.35 bits per heavy atom. The molecule has 4 heteroatoms. The minimum Gasteiger partial charge on any atom is -0.313 e. The summed E-state index contributed by atoms with van der Waals surface area (Å²) in [4.78, 5) is 2.50. The molecule has 0 amide bonds. The molecule has 1 N–H and O–H groups in total. The van der Waals surface area contributed by atoms with Crippen LogP contribution >= 0.6 is 23.2 Å². The third-order valence-electron chi connectivity index (χ3n) is 3.87. The SMILES string of the molecule is CCCCN(Cc1cc(Cl)ccc1Cl)CC1CCCN1. The Morgan fingerprint density at radius 2 is 2.20 bits per heavy atom. The first kappa shape index (κ1) is 16.1. The fourth-order valence-corrected chi connectivity index (χ4v) is 3.12. The average Bonchev–Trinajstić information content (AvgIpc) is 2.93. The lowest BCUT2D eigenvalue weighted by molar-refractivity contribution is 0.237. The summed E-state index contributed by atoms with van der Waals surface area (Å²) in [5, 5.41) is 5.15. The molecule has 1 aliphatic rings. The van der Waals surface area contributed by atoms with Crippen molar-refractivity contribution >= 4 is 23.2 Å². The Morgan fingerprint density at radius 3 is 2.90 bits per heavy atom. The summed E-state index contributed by atoms with van der Waals surface area (Å²) in [6, 6.07) is 6.36. The number of hydrogen-bond donors (Lipinski definition) is 1. The Hall–Kier alpha value is -0.280. The largest absolute Gasteiger partial charge is 0.313 e. The van der Waals surface area contributed by atoms with Crippen molar-refractivity contribution in [3.63, 3.8) is 0 Å². The smallest absolute Gasteiger partial charge is 0.0452 e. The molecule has 0 spiro atoms. The monoisotopic (exact) mass is 314 g/mol. The highest BCUT2D eigenvalue weighted by atomic mass is 35.5.